The van der Waals surface area contributed by atoms with Crippen molar-refractivity contribution in [3.63, 3.8) is 0 Å². The first-order chi connectivity index (χ1) is 16.4. The van der Waals surface area contributed by atoms with Crippen LogP contribution in [0.25, 0.3) is 0 Å². The molecule has 0 aliphatic heterocycles. The number of hydrogen-bond donors (Lipinski definition) is 2. The van der Waals surface area contributed by atoms with Crippen LogP contribution in [0.1, 0.15) is 156 Å². The number of aliphatic carboxylic acids is 2. The number of allylic oxidation sites excluding steroid dienone is 2. The average molecular weight is 485 g/mol. The molecule has 0 atom stereocenters. The summed E-state index contributed by atoms with van der Waals surface area (Å²) in [4.78, 5) is 20.4. The molecular formula is C30H60O4. The number of carbonyl (C=O) groups is 2. The van der Waals surface area contributed by atoms with Gasteiger partial charge in [0.15, 0.2) is 0 Å². The molecule has 4 nitrogen and oxygen atoms in total. The standard InChI is InChI=1S/2C12H24O2.2C3H6/c2*1-2-3-4-5-6-7-8-9-10-11-12(13)14;2*1-3-2/h2*2-11H2,1H3,(H,13,14);2*3H,1H2,2H3. The average Bonchev–Trinajstić information content (AvgIpc) is 2.78. The van der Waals surface area contributed by atoms with Crippen molar-refractivity contribution in [2.75, 3.05) is 0 Å². The summed E-state index contributed by atoms with van der Waals surface area (Å²) in [6.07, 6.45) is 26.5. The van der Waals surface area contributed by atoms with Crippen LogP contribution < -0.4 is 0 Å². The molecule has 0 unspecified atom stereocenters. The quantitative estimate of drug-likeness (QED) is 0.133. The summed E-state index contributed by atoms with van der Waals surface area (Å²) in [6.45, 7) is 15.0. The Morgan fingerprint density at radius 2 is 0.676 bits per heavy atom. The van der Waals surface area contributed by atoms with Crippen molar-refractivity contribution in [2.24, 2.45) is 0 Å². The number of carboxylic acids is 2. The molecule has 0 aromatic carbocycles. The van der Waals surface area contributed by atoms with Gasteiger partial charge in [-0.2, -0.15) is 0 Å². The van der Waals surface area contributed by atoms with E-state index in [1.807, 2.05) is 13.8 Å². The summed E-state index contributed by atoms with van der Waals surface area (Å²) in [5.74, 6) is -1.32. The monoisotopic (exact) mass is 484 g/mol. The third kappa shape index (κ3) is 63.1. The summed E-state index contributed by atoms with van der Waals surface area (Å²) in [5, 5.41) is 16.8. The lowest BCUT2D eigenvalue weighted by Crippen LogP contribution is -1.93. The van der Waals surface area contributed by atoms with E-state index in [9.17, 15) is 9.59 Å². The molecule has 0 aliphatic carbocycles. The fourth-order valence-corrected chi connectivity index (χ4v) is 3.17. The van der Waals surface area contributed by atoms with Crippen LogP contribution in [0.15, 0.2) is 25.3 Å². The van der Waals surface area contributed by atoms with Gasteiger partial charge in [-0.05, 0) is 26.7 Å². The van der Waals surface area contributed by atoms with Crippen molar-refractivity contribution in [1.82, 2.24) is 0 Å². The van der Waals surface area contributed by atoms with Gasteiger partial charge in [-0.3, -0.25) is 9.59 Å². The number of unbranched alkanes of at least 4 members (excludes halogenated alkanes) is 16. The van der Waals surface area contributed by atoms with Crippen LogP contribution in [0.2, 0.25) is 0 Å². The topological polar surface area (TPSA) is 74.6 Å². The van der Waals surface area contributed by atoms with E-state index in [-0.39, 0.29) is 0 Å². The highest BCUT2D eigenvalue weighted by Crippen LogP contribution is 2.11. The summed E-state index contributed by atoms with van der Waals surface area (Å²) < 4.78 is 0. The van der Waals surface area contributed by atoms with Gasteiger partial charge in [-0.25, -0.2) is 0 Å². The summed E-state index contributed by atoms with van der Waals surface area (Å²) >= 11 is 0. The molecule has 0 fully saturated rings. The lowest BCUT2D eigenvalue weighted by Gasteiger charge is -2.00. The minimum absolute atomic E-state index is 0.343. The molecule has 34 heavy (non-hydrogen) atoms. The summed E-state index contributed by atoms with van der Waals surface area (Å²) in [5.41, 5.74) is 0. The summed E-state index contributed by atoms with van der Waals surface area (Å²) in [7, 11) is 0. The van der Waals surface area contributed by atoms with Crippen LogP contribution in [-0.2, 0) is 9.59 Å². The molecular weight excluding hydrogens is 424 g/mol. The molecule has 0 saturated carbocycles. The maximum absolute atomic E-state index is 10.2. The largest absolute Gasteiger partial charge is 0.481 e. The lowest BCUT2D eigenvalue weighted by atomic mass is 10.1. The zero-order valence-corrected chi connectivity index (χ0v) is 23.4. The molecule has 0 aromatic rings. The minimum Gasteiger partial charge on any atom is -0.481 e. The maximum atomic E-state index is 10.2. The van der Waals surface area contributed by atoms with Gasteiger partial charge in [0, 0.05) is 12.8 Å². The van der Waals surface area contributed by atoms with Gasteiger partial charge in [-0.1, -0.05) is 129 Å². The predicted octanol–water partition coefficient (Wildman–Crippen LogP) is 10.4. The van der Waals surface area contributed by atoms with E-state index < -0.39 is 11.9 Å². The minimum atomic E-state index is -0.659. The van der Waals surface area contributed by atoms with Crippen LogP contribution in [-0.4, -0.2) is 22.2 Å². The Balaban J connectivity index is -0.000000214. The molecule has 2 N–H and O–H groups in total. The van der Waals surface area contributed by atoms with Crippen molar-refractivity contribution in [2.45, 2.75) is 156 Å². The van der Waals surface area contributed by atoms with Crippen LogP contribution in [0, 0.1) is 0 Å². The number of rotatable bonds is 20. The van der Waals surface area contributed by atoms with Gasteiger partial charge in [0.1, 0.15) is 0 Å². The highest BCUT2D eigenvalue weighted by atomic mass is 16.4. The van der Waals surface area contributed by atoms with Gasteiger partial charge in [0.2, 0.25) is 0 Å². The van der Waals surface area contributed by atoms with Gasteiger partial charge >= 0.3 is 11.9 Å². The summed E-state index contributed by atoms with van der Waals surface area (Å²) in [6, 6.07) is 0. The van der Waals surface area contributed by atoms with Crippen molar-refractivity contribution >= 4 is 11.9 Å². The van der Waals surface area contributed by atoms with Gasteiger partial charge in [-0.15, -0.1) is 13.2 Å². The normalized spacial score (nSPS) is 9.29. The first-order valence-corrected chi connectivity index (χ1v) is 13.9. The second-order valence-corrected chi connectivity index (χ2v) is 8.76. The van der Waals surface area contributed by atoms with Gasteiger partial charge < -0.3 is 10.2 Å². The third-order valence-corrected chi connectivity index (χ3v) is 4.99. The van der Waals surface area contributed by atoms with Crippen molar-refractivity contribution in [3.05, 3.63) is 25.3 Å². The Hall–Kier alpha value is -1.58. The fourth-order valence-electron chi connectivity index (χ4n) is 3.17. The van der Waals surface area contributed by atoms with E-state index in [0.717, 1.165) is 25.7 Å². The first kappa shape index (κ1) is 39.6. The predicted molar refractivity (Wildman–Crippen MR) is 151 cm³/mol. The van der Waals surface area contributed by atoms with E-state index in [0.29, 0.717) is 12.8 Å². The Morgan fingerprint density at radius 1 is 0.500 bits per heavy atom. The van der Waals surface area contributed by atoms with Crippen LogP contribution in [0.4, 0.5) is 0 Å². The van der Waals surface area contributed by atoms with E-state index in [4.69, 9.17) is 10.2 Å². The molecule has 0 saturated heterocycles. The zero-order valence-electron chi connectivity index (χ0n) is 23.4. The van der Waals surface area contributed by atoms with Gasteiger partial charge in [0.25, 0.3) is 0 Å². The molecule has 0 heterocycles. The van der Waals surface area contributed by atoms with E-state index >= 15 is 0 Å². The zero-order chi connectivity index (χ0) is 26.7. The fraction of sp³-hybridized carbons (Fsp3) is 0.800. The Kier molecular flexibility index (Phi) is 48.5. The first-order valence-electron chi connectivity index (χ1n) is 13.9. The molecule has 0 amide bonds. The van der Waals surface area contributed by atoms with Gasteiger partial charge in [0.05, 0.1) is 0 Å². The molecule has 0 aliphatic rings. The van der Waals surface area contributed by atoms with Crippen molar-refractivity contribution < 1.29 is 19.8 Å². The molecule has 0 rings (SSSR count). The molecule has 204 valence electrons. The molecule has 0 bridgehead atoms. The molecule has 0 aromatic heterocycles. The lowest BCUT2D eigenvalue weighted by molar-refractivity contribution is -0.138. The van der Waals surface area contributed by atoms with E-state index in [1.54, 1.807) is 12.2 Å². The number of hydrogen-bond acceptors (Lipinski definition) is 2. The molecule has 0 spiro atoms. The van der Waals surface area contributed by atoms with E-state index in [2.05, 4.69) is 27.0 Å². The Bertz CT molecular complexity index is 367. The highest BCUT2D eigenvalue weighted by molar-refractivity contribution is 5.66. The molecule has 4 heteroatoms. The van der Waals surface area contributed by atoms with Crippen molar-refractivity contribution in [3.8, 4) is 0 Å². The smallest absolute Gasteiger partial charge is 0.303 e. The molecule has 0 radical (unpaired) electrons. The van der Waals surface area contributed by atoms with Crippen LogP contribution >= 0.6 is 0 Å². The highest BCUT2D eigenvalue weighted by Gasteiger charge is 1.97. The Morgan fingerprint density at radius 3 is 0.853 bits per heavy atom. The third-order valence-electron chi connectivity index (χ3n) is 4.99. The second-order valence-electron chi connectivity index (χ2n) is 8.76. The van der Waals surface area contributed by atoms with Crippen molar-refractivity contribution in [1.29, 1.82) is 0 Å². The SMILES string of the molecule is C=CC.C=CC.CCCCCCCCCCCC(=O)O.CCCCCCCCCCCC(=O)O. The number of carboxylic acid groups (broad SMARTS) is 2. The van der Waals surface area contributed by atoms with E-state index in [1.165, 1.54) is 89.9 Å². The maximum Gasteiger partial charge on any atom is 0.303 e. The van der Waals surface area contributed by atoms with Crippen LogP contribution in [0.5, 0.6) is 0 Å². The Labute approximate surface area is 213 Å². The van der Waals surface area contributed by atoms with Crippen LogP contribution in [0.3, 0.4) is 0 Å². The second kappa shape index (κ2) is 41.7.